The summed E-state index contributed by atoms with van der Waals surface area (Å²) < 4.78 is 0. The SMILES string of the molecule is CCN(CC)CC.Cc1cccc(C=O)c1O. The van der Waals surface area contributed by atoms with Gasteiger partial charge in [0.25, 0.3) is 0 Å². The maximum absolute atomic E-state index is 10.2. The van der Waals surface area contributed by atoms with E-state index in [1.54, 1.807) is 25.1 Å². The van der Waals surface area contributed by atoms with Gasteiger partial charge in [0.15, 0.2) is 6.29 Å². The van der Waals surface area contributed by atoms with Crippen molar-refractivity contribution in [1.29, 1.82) is 0 Å². The van der Waals surface area contributed by atoms with Crippen molar-refractivity contribution < 1.29 is 9.90 Å². The van der Waals surface area contributed by atoms with E-state index in [9.17, 15) is 4.79 Å². The molecule has 0 heterocycles. The average molecular weight is 237 g/mol. The van der Waals surface area contributed by atoms with Gasteiger partial charge >= 0.3 is 0 Å². The number of rotatable bonds is 4. The molecule has 0 fully saturated rings. The molecule has 0 aliphatic carbocycles. The fourth-order valence-corrected chi connectivity index (χ4v) is 1.45. The molecule has 0 aliphatic heterocycles. The molecular weight excluding hydrogens is 214 g/mol. The third-order valence-corrected chi connectivity index (χ3v) is 2.74. The first-order valence-corrected chi connectivity index (χ1v) is 6.06. The van der Waals surface area contributed by atoms with Gasteiger partial charge in [0.2, 0.25) is 0 Å². The van der Waals surface area contributed by atoms with E-state index < -0.39 is 0 Å². The number of aldehydes is 1. The predicted molar refractivity (Wildman–Crippen MR) is 71.7 cm³/mol. The average Bonchev–Trinajstić information content (AvgIpc) is 2.36. The Hall–Kier alpha value is -1.35. The first kappa shape index (κ1) is 15.7. The summed E-state index contributed by atoms with van der Waals surface area (Å²) in [5.41, 5.74) is 1.07. The van der Waals surface area contributed by atoms with Gasteiger partial charge in [0, 0.05) is 0 Å². The molecule has 0 amide bonds. The van der Waals surface area contributed by atoms with E-state index >= 15 is 0 Å². The van der Waals surface area contributed by atoms with Crippen molar-refractivity contribution in [3.8, 4) is 5.75 Å². The minimum atomic E-state index is 0.0810. The molecule has 1 aromatic carbocycles. The standard InChI is InChI=1S/C8H8O2.C6H15N/c1-6-3-2-4-7(5-9)8(6)10;1-4-7(5-2)6-3/h2-5,10H,1H3;4-6H2,1-3H3. The molecule has 1 aromatic rings. The Bertz CT molecular complexity index is 327. The molecule has 17 heavy (non-hydrogen) atoms. The van der Waals surface area contributed by atoms with Crippen LogP contribution in [0.5, 0.6) is 5.75 Å². The van der Waals surface area contributed by atoms with Crippen LogP contribution in [-0.4, -0.2) is 35.9 Å². The summed E-state index contributed by atoms with van der Waals surface area (Å²) in [5, 5.41) is 9.17. The molecule has 1 rings (SSSR count). The van der Waals surface area contributed by atoms with Gasteiger partial charge in [-0.2, -0.15) is 0 Å². The lowest BCUT2D eigenvalue weighted by molar-refractivity contribution is 0.112. The number of phenols is 1. The van der Waals surface area contributed by atoms with E-state index in [1.807, 2.05) is 0 Å². The van der Waals surface area contributed by atoms with Crippen LogP contribution < -0.4 is 0 Å². The van der Waals surface area contributed by atoms with Crippen LogP contribution in [0.2, 0.25) is 0 Å². The molecule has 3 heteroatoms. The zero-order valence-electron chi connectivity index (χ0n) is 11.2. The van der Waals surface area contributed by atoms with Crippen LogP contribution in [0.1, 0.15) is 36.7 Å². The smallest absolute Gasteiger partial charge is 0.153 e. The number of hydrogen-bond acceptors (Lipinski definition) is 3. The van der Waals surface area contributed by atoms with Crippen molar-refractivity contribution in [2.45, 2.75) is 27.7 Å². The van der Waals surface area contributed by atoms with Gasteiger partial charge in [-0.1, -0.05) is 32.9 Å². The second-order valence-corrected chi connectivity index (χ2v) is 3.75. The molecule has 1 N–H and O–H groups in total. The lowest BCUT2D eigenvalue weighted by Gasteiger charge is -2.13. The largest absolute Gasteiger partial charge is 0.507 e. The van der Waals surface area contributed by atoms with Gasteiger partial charge in [-0.3, -0.25) is 4.79 Å². The molecule has 0 saturated carbocycles. The Balaban J connectivity index is 0.000000325. The second kappa shape index (κ2) is 8.76. The summed E-state index contributed by atoms with van der Waals surface area (Å²) in [5.74, 6) is 0.0810. The zero-order valence-corrected chi connectivity index (χ0v) is 11.2. The molecule has 0 spiro atoms. The summed E-state index contributed by atoms with van der Waals surface area (Å²) in [6, 6.07) is 5.07. The Labute approximate surface area is 104 Å². The quantitative estimate of drug-likeness (QED) is 0.819. The Morgan fingerprint density at radius 2 is 1.71 bits per heavy atom. The first-order valence-electron chi connectivity index (χ1n) is 6.06. The van der Waals surface area contributed by atoms with Crippen LogP contribution in [0.4, 0.5) is 0 Å². The van der Waals surface area contributed by atoms with Crippen molar-refractivity contribution in [3.63, 3.8) is 0 Å². The topological polar surface area (TPSA) is 40.5 Å². The number of carbonyl (C=O) groups excluding carboxylic acids is 1. The molecule has 0 atom stereocenters. The summed E-state index contributed by atoms with van der Waals surface area (Å²) in [6.07, 6.45) is 0.641. The van der Waals surface area contributed by atoms with Crippen molar-refractivity contribution in [2.24, 2.45) is 0 Å². The van der Waals surface area contributed by atoms with Gasteiger partial charge in [0.1, 0.15) is 5.75 Å². The summed E-state index contributed by atoms with van der Waals surface area (Å²) in [6.45, 7) is 11.9. The number of aryl methyl sites for hydroxylation is 1. The number of carbonyl (C=O) groups is 1. The van der Waals surface area contributed by atoms with Gasteiger partial charge in [-0.25, -0.2) is 0 Å². The summed E-state index contributed by atoms with van der Waals surface area (Å²) in [4.78, 5) is 12.6. The van der Waals surface area contributed by atoms with Crippen LogP contribution >= 0.6 is 0 Å². The molecule has 96 valence electrons. The zero-order chi connectivity index (χ0) is 13.3. The first-order chi connectivity index (χ1) is 8.10. The van der Waals surface area contributed by atoms with Gasteiger partial charge in [-0.05, 0) is 38.2 Å². The highest BCUT2D eigenvalue weighted by Crippen LogP contribution is 2.18. The van der Waals surface area contributed by atoms with E-state index in [0.29, 0.717) is 11.8 Å². The summed E-state index contributed by atoms with van der Waals surface area (Å²) >= 11 is 0. The fraction of sp³-hybridized carbons (Fsp3) is 0.500. The number of para-hydroxylation sites is 1. The van der Waals surface area contributed by atoms with Crippen LogP contribution in [0.3, 0.4) is 0 Å². The number of aromatic hydroxyl groups is 1. The number of hydrogen-bond donors (Lipinski definition) is 1. The van der Waals surface area contributed by atoms with Gasteiger partial charge < -0.3 is 10.0 Å². The maximum atomic E-state index is 10.2. The predicted octanol–water partition coefficient (Wildman–Crippen LogP) is 2.86. The van der Waals surface area contributed by atoms with Crippen LogP contribution in [0.25, 0.3) is 0 Å². The Morgan fingerprint density at radius 1 is 1.18 bits per heavy atom. The molecule has 0 radical (unpaired) electrons. The lowest BCUT2D eigenvalue weighted by atomic mass is 10.1. The molecule has 0 aromatic heterocycles. The lowest BCUT2D eigenvalue weighted by Crippen LogP contribution is -2.21. The van der Waals surface area contributed by atoms with E-state index in [0.717, 1.165) is 5.56 Å². The third-order valence-electron chi connectivity index (χ3n) is 2.74. The minimum absolute atomic E-state index is 0.0810. The number of phenolic OH excluding ortho intramolecular Hbond substituents is 1. The van der Waals surface area contributed by atoms with Crippen molar-refractivity contribution in [3.05, 3.63) is 29.3 Å². The van der Waals surface area contributed by atoms with E-state index in [2.05, 4.69) is 25.7 Å². The van der Waals surface area contributed by atoms with Crippen LogP contribution in [0, 0.1) is 6.92 Å². The van der Waals surface area contributed by atoms with Crippen molar-refractivity contribution in [1.82, 2.24) is 4.90 Å². The maximum Gasteiger partial charge on any atom is 0.153 e. The normalized spacial score (nSPS) is 9.71. The molecule has 0 saturated heterocycles. The van der Waals surface area contributed by atoms with Crippen LogP contribution in [-0.2, 0) is 0 Å². The summed E-state index contributed by atoms with van der Waals surface area (Å²) in [7, 11) is 0. The molecular formula is C14H23NO2. The van der Waals surface area contributed by atoms with E-state index in [-0.39, 0.29) is 5.75 Å². The molecule has 0 unspecified atom stereocenters. The fourth-order valence-electron chi connectivity index (χ4n) is 1.45. The Morgan fingerprint density at radius 3 is 2.00 bits per heavy atom. The molecule has 3 nitrogen and oxygen atoms in total. The Kier molecular flexibility index (Phi) is 8.07. The second-order valence-electron chi connectivity index (χ2n) is 3.75. The van der Waals surface area contributed by atoms with Crippen molar-refractivity contribution in [2.75, 3.05) is 19.6 Å². The minimum Gasteiger partial charge on any atom is -0.507 e. The highest BCUT2D eigenvalue weighted by Gasteiger charge is 1.99. The van der Waals surface area contributed by atoms with E-state index in [1.165, 1.54) is 19.6 Å². The van der Waals surface area contributed by atoms with Gasteiger partial charge in [-0.15, -0.1) is 0 Å². The highest BCUT2D eigenvalue weighted by atomic mass is 16.3. The monoisotopic (exact) mass is 237 g/mol. The van der Waals surface area contributed by atoms with Crippen LogP contribution in [0.15, 0.2) is 18.2 Å². The highest BCUT2D eigenvalue weighted by molar-refractivity contribution is 5.79. The molecule has 0 bridgehead atoms. The van der Waals surface area contributed by atoms with Gasteiger partial charge in [0.05, 0.1) is 5.56 Å². The molecule has 0 aliphatic rings. The van der Waals surface area contributed by atoms with Crippen molar-refractivity contribution >= 4 is 6.29 Å². The third kappa shape index (κ3) is 5.50. The van der Waals surface area contributed by atoms with E-state index in [4.69, 9.17) is 5.11 Å². The number of benzene rings is 1. The number of nitrogens with zero attached hydrogens (tertiary/aromatic N) is 1.